The van der Waals surface area contributed by atoms with Crippen LogP contribution in [0.4, 0.5) is 4.79 Å². The number of carbonyl (C=O) groups excluding carboxylic acids is 1. The number of hydrogen-bond acceptors (Lipinski definition) is 6. The molecule has 1 aromatic heterocycles. The summed E-state index contributed by atoms with van der Waals surface area (Å²) in [5.74, 6) is 0.440. The molecule has 0 spiro atoms. The summed E-state index contributed by atoms with van der Waals surface area (Å²) >= 11 is 0. The van der Waals surface area contributed by atoms with Crippen LogP contribution in [0.2, 0.25) is 0 Å². The molecular formula is C18H22N2O5. The van der Waals surface area contributed by atoms with Gasteiger partial charge in [0.2, 0.25) is 5.88 Å². The summed E-state index contributed by atoms with van der Waals surface area (Å²) in [7, 11) is 0. The molecule has 0 radical (unpaired) electrons. The fourth-order valence-corrected chi connectivity index (χ4v) is 2.10. The van der Waals surface area contributed by atoms with Crippen molar-refractivity contribution in [2.75, 3.05) is 13.2 Å². The van der Waals surface area contributed by atoms with E-state index >= 15 is 0 Å². The molecule has 2 rings (SSSR count). The number of benzene rings is 1. The van der Waals surface area contributed by atoms with E-state index in [1.54, 1.807) is 12.1 Å². The highest BCUT2D eigenvalue weighted by Crippen LogP contribution is 2.18. The number of hydrogen-bond donors (Lipinski definition) is 3. The molecular weight excluding hydrogens is 324 g/mol. The van der Waals surface area contributed by atoms with E-state index in [2.05, 4.69) is 10.3 Å². The molecule has 2 atom stereocenters. The standard InChI is InChI=1S/C18H22N2O5/c1-2-24-16-9-8-14(10-19-16)17(22)15(21)11-20-18(23)25-12-13-6-4-3-5-7-13/h3-10,15,17,21-22H,2,11-12H2,1H3,(H,20,23). The van der Waals surface area contributed by atoms with E-state index < -0.39 is 18.3 Å². The van der Waals surface area contributed by atoms with Gasteiger partial charge in [-0.1, -0.05) is 30.3 Å². The summed E-state index contributed by atoms with van der Waals surface area (Å²) in [6.07, 6.45) is -1.62. The molecule has 0 fully saturated rings. The fraction of sp³-hybridized carbons (Fsp3) is 0.333. The lowest BCUT2D eigenvalue weighted by atomic mass is 10.1. The number of carbonyl (C=O) groups is 1. The van der Waals surface area contributed by atoms with E-state index in [9.17, 15) is 15.0 Å². The van der Waals surface area contributed by atoms with E-state index in [0.717, 1.165) is 5.56 Å². The summed E-state index contributed by atoms with van der Waals surface area (Å²) in [5.41, 5.74) is 1.29. The van der Waals surface area contributed by atoms with Gasteiger partial charge in [0.1, 0.15) is 18.8 Å². The topological polar surface area (TPSA) is 101 Å². The maximum absolute atomic E-state index is 11.6. The van der Waals surface area contributed by atoms with Gasteiger partial charge in [0.25, 0.3) is 0 Å². The Morgan fingerprint density at radius 2 is 1.96 bits per heavy atom. The summed E-state index contributed by atoms with van der Waals surface area (Å²) in [5, 5.41) is 22.5. The number of rotatable bonds is 8. The van der Waals surface area contributed by atoms with Gasteiger partial charge in [-0.3, -0.25) is 0 Å². The number of pyridine rings is 1. The van der Waals surface area contributed by atoms with Crippen LogP contribution in [0.5, 0.6) is 5.88 Å². The van der Waals surface area contributed by atoms with Crippen LogP contribution in [0, 0.1) is 0 Å². The summed E-state index contributed by atoms with van der Waals surface area (Å²) in [6, 6.07) is 12.5. The second-order valence-electron chi connectivity index (χ2n) is 5.32. The first-order valence-electron chi connectivity index (χ1n) is 7.99. The van der Waals surface area contributed by atoms with Crippen molar-refractivity contribution in [1.29, 1.82) is 0 Å². The molecule has 1 heterocycles. The van der Waals surface area contributed by atoms with E-state index in [1.807, 2.05) is 37.3 Å². The number of nitrogens with zero attached hydrogens (tertiary/aromatic N) is 1. The first-order valence-corrected chi connectivity index (χ1v) is 7.99. The second-order valence-corrected chi connectivity index (χ2v) is 5.32. The zero-order chi connectivity index (χ0) is 18.1. The van der Waals surface area contributed by atoms with Crippen LogP contribution in [0.3, 0.4) is 0 Å². The molecule has 2 unspecified atom stereocenters. The Morgan fingerprint density at radius 1 is 1.20 bits per heavy atom. The van der Waals surface area contributed by atoms with Crippen molar-refractivity contribution in [3.8, 4) is 5.88 Å². The molecule has 0 aliphatic carbocycles. The van der Waals surface area contributed by atoms with Gasteiger partial charge in [0, 0.05) is 24.4 Å². The summed E-state index contributed by atoms with van der Waals surface area (Å²) in [6.45, 7) is 2.32. The molecule has 0 aliphatic rings. The molecule has 3 N–H and O–H groups in total. The Labute approximate surface area is 146 Å². The van der Waals surface area contributed by atoms with E-state index in [4.69, 9.17) is 9.47 Å². The lowest BCUT2D eigenvalue weighted by Crippen LogP contribution is -2.35. The zero-order valence-corrected chi connectivity index (χ0v) is 14.0. The fourth-order valence-electron chi connectivity index (χ4n) is 2.10. The summed E-state index contributed by atoms with van der Waals surface area (Å²) < 4.78 is 10.2. The minimum absolute atomic E-state index is 0.133. The predicted octanol–water partition coefficient (Wildman–Crippen LogP) is 1.80. The van der Waals surface area contributed by atoms with Gasteiger partial charge < -0.3 is 25.0 Å². The highest BCUT2D eigenvalue weighted by molar-refractivity contribution is 5.67. The average Bonchev–Trinajstić information content (AvgIpc) is 2.65. The van der Waals surface area contributed by atoms with Crippen molar-refractivity contribution in [2.45, 2.75) is 25.7 Å². The maximum atomic E-state index is 11.6. The Balaban J connectivity index is 1.76. The monoisotopic (exact) mass is 346 g/mol. The van der Waals surface area contributed by atoms with Gasteiger partial charge in [0.15, 0.2) is 0 Å². The van der Waals surface area contributed by atoms with Gasteiger partial charge in [0.05, 0.1) is 6.61 Å². The normalized spacial score (nSPS) is 12.9. The highest BCUT2D eigenvalue weighted by atomic mass is 16.5. The van der Waals surface area contributed by atoms with Crippen LogP contribution in [0.1, 0.15) is 24.2 Å². The quantitative estimate of drug-likeness (QED) is 0.674. The molecule has 1 aromatic carbocycles. The van der Waals surface area contributed by atoms with Crippen LogP contribution in [-0.4, -0.2) is 40.5 Å². The number of aromatic nitrogens is 1. The maximum Gasteiger partial charge on any atom is 0.407 e. The van der Waals surface area contributed by atoms with E-state index in [1.165, 1.54) is 6.20 Å². The van der Waals surface area contributed by atoms with Crippen molar-refractivity contribution in [3.05, 3.63) is 59.8 Å². The third kappa shape index (κ3) is 6.06. The van der Waals surface area contributed by atoms with Crippen molar-refractivity contribution >= 4 is 6.09 Å². The smallest absolute Gasteiger partial charge is 0.407 e. The average molecular weight is 346 g/mol. The van der Waals surface area contributed by atoms with Crippen molar-refractivity contribution in [2.24, 2.45) is 0 Å². The summed E-state index contributed by atoms with van der Waals surface area (Å²) in [4.78, 5) is 15.7. The number of ether oxygens (including phenoxy) is 2. The predicted molar refractivity (Wildman–Crippen MR) is 91.0 cm³/mol. The molecule has 2 aromatic rings. The highest BCUT2D eigenvalue weighted by Gasteiger charge is 2.20. The number of nitrogens with one attached hydrogen (secondary N) is 1. The lowest BCUT2D eigenvalue weighted by molar-refractivity contribution is 0.0181. The minimum Gasteiger partial charge on any atom is -0.478 e. The molecule has 25 heavy (non-hydrogen) atoms. The van der Waals surface area contributed by atoms with Crippen LogP contribution >= 0.6 is 0 Å². The third-order valence-corrected chi connectivity index (χ3v) is 3.43. The SMILES string of the molecule is CCOc1ccc(C(O)C(O)CNC(=O)OCc2ccccc2)cn1. The zero-order valence-electron chi connectivity index (χ0n) is 14.0. The molecule has 134 valence electrons. The largest absolute Gasteiger partial charge is 0.478 e. The van der Waals surface area contributed by atoms with Gasteiger partial charge >= 0.3 is 6.09 Å². The first kappa shape index (κ1) is 18.7. The minimum atomic E-state index is -1.19. The lowest BCUT2D eigenvalue weighted by Gasteiger charge is -2.18. The molecule has 0 saturated heterocycles. The Bertz CT molecular complexity index is 648. The number of aliphatic hydroxyl groups is 2. The molecule has 0 aliphatic heterocycles. The Morgan fingerprint density at radius 3 is 2.60 bits per heavy atom. The van der Waals surface area contributed by atoms with Crippen LogP contribution in [-0.2, 0) is 11.3 Å². The van der Waals surface area contributed by atoms with E-state index in [-0.39, 0.29) is 13.2 Å². The molecule has 7 heteroatoms. The third-order valence-electron chi connectivity index (χ3n) is 3.43. The Kier molecular flexibility index (Phi) is 7.18. The number of amides is 1. The van der Waals surface area contributed by atoms with E-state index in [0.29, 0.717) is 18.1 Å². The van der Waals surface area contributed by atoms with Crippen molar-refractivity contribution in [1.82, 2.24) is 10.3 Å². The number of aliphatic hydroxyl groups excluding tert-OH is 2. The van der Waals surface area contributed by atoms with Crippen LogP contribution in [0.15, 0.2) is 48.7 Å². The first-order chi connectivity index (χ1) is 12.1. The van der Waals surface area contributed by atoms with Crippen molar-refractivity contribution < 1.29 is 24.5 Å². The van der Waals surface area contributed by atoms with Gasteiger partial charge in [-0.25, -0.2) is 9.78 Å². The molecule has 0 saturated carbocycles. The molecule has 7 nitrogen and oxygen atoms in total. The number of alkyl carbamates (subject to hydrolysis) is 1. The van der Waals surface area contributed by atoms with Crippen LogP contribution < -0.4 is 10.1 Å². The Hall–Kier alpha value is -2.64. The van der Waals surface area contributed by atoms with Gasteiger partial charge in [-0.15, -0.1) is 0 Å². The second kappa shape index (κ2) is 9.61. The van der Waals surface area contributed by atoms with Gasteiger partial charge in [-0.05, 0) is 18.6 Å². The molecule has 0 bridgehead atoms. The molecule has 1 amide bonds. The van der Waals surface area contributed by atoms with Gasteiger partial charge in [-0.2, -0.15) is 0 Å². The van der Waals surface area contributed by atoms with Crippen molar-refractivity contribution in [3.63, 3.8) is 0 Å². The van der Waals surface area contributed by atoms with Crippen LogP contribution in [0.25, 0.3) is 0 Å².